The van der Waals surface area contributed by atoms with Crippen molar-refractivity contribution in [3.8, 4) is 5.75 Å². The SMILES string of the molecule is CC(Nc1ccc(Br)c(Cl)c1Cl)c1cc(F)ccc1O. The van der Waals surface area contributed by atoms with Crippen molar-refractivity contribution in [3.05, 3.63) is 56.2 Å². The normalized spacial score (nSPS) is 12.2. The average molecular weight is 379 g/mol. The van der Waals surface area contributed by atoms with Crippen LogP contribution in [0.2, 0.25) is 10.0 Å². The number of aromatic hydroxyl groups is 1. The maximum absolute atomic E-state index is 13.3. The molecule has 0 saturated carbocycles. The summed E-state index contributed by atoms with van der Waals surface area (Å²) >= 11 is 15.5. The highest BCUT2D eigenvalue weighted by Gasteiger charge is 2.15. The molecule has 0 fully saturated rings. The summed E-state index contributed by atoms with van der Waals surface area (Å²) in [6.07, 6.45) is 0. The first-order chi connectivity index (χ1) is 9.40. The van der Waals surface area contributed by atoms with Crippen LogP contribution in [0.5, 0.6) is 5.75 Å². The molecule has 0 radical (unpaired) electrons. The third kappa shape index (κ3) is 3.19. The zero-order valence-electron chi connectivity index (χ0n) is 10.4. The van der Waals surface area contributed by atoms with Gasteiger partial charge < -0.3 is 10.4 Å². The Morgan fingerprint density at radius 3 is 2.60 bits per heavy atom. The quantitative estimate of drug-likeness (QED) is 0.664. The molecular formula is C14H11BrCl2FNO. The highest BCUT2D eigenvalue weighted by atomic mass is 79.9. The van der Waals surface area contributed by atoms with E-state index in [1.165, 1.54) is 18.2 Å². The molecule has 6 heteroatoms. The summed E-state index contributed by atoms with van der Waals surface area (Å²) in [5.74, 6) is -0.392. The topological polar surface area (TPSA) is 32.3 Å². The van der Waals surface area contributed by atoms with Gasteiger partial charge in [-0.05, 0) is 53.2 Å². The molecule has 0 aliphatic rings. The van der Waals surface area contributed by atoms with Crippen LogP contribution in [0.15, 0.2) is 34.8 Å². The van der Waals surface area contributed by atoms with E-state index in [-0.39, 0.29) is 11.8 Å². The van der Waals surface area contributed by atoms with Crippen LogP contribution in [0.3, 0.4) is 0 Å². The monoisotopic (exact) mass is 377 g/mol. The second kappa shape index (κ2) is 6.20. The Bertz CT molecular complexity index is 651. The maximum atomic E-state index is 13.3. The molecule has 0 saturated heterocycles. The molecule has 0 heterocycles. The molecule has 1 atom stereocenters. The summed E-state index contributed by atoms with van der Waals surface area (Å²) in [7, 11) is 0. The Kier molecular flexibility index (Phi) is 4.78. The average Bonchev–Trinajstić information content (AvgIpc) is 2.42. The van der Waals surface area contributed by atoms with E-state index >= 15 is 0 Å². The lowest BCUT2D eigenvalue weighted by atomic mass is 10.1. The van der Waals surface area contributed by atoms with Crippen LogP contribution in [-0.2, 0) is 0 Å². The molecule has 2 nitrogen and oxygen atoms in total. The first kappa shape index (κ1) is 15.4. The van der Waals surface area contributed by atoms with Crippen molar-refractivity contribution in [1.29, 1.82) is 0 Å². The van der Waals surface area contributed by atoms with Gasteiger partial charge in [0, 0.05) is 10.0 Å². The van der Waals surface area contributed by atoms with E-state index in [9.17, 15) is 9.50 Å². The molecule has 106 valence electrons. The fraction of sp³-hybridized carbons (Fsp3) is 0.143. The van der Waals surface area contributed by atoms with E-state index in [1.54, 1.807) is 19.1 Å². The van der Waals surface area contributed by atoms with Gasteiger partial charge in [-0.25, -0.2) is 4.39 Å². The summed E-state index contributed by atoms with van der Waals surface area (Å²) < 4.78 is 13.9. The third-order valence-corrected chi connectivity index (χ3v) is 4.63. The molecule has 0 aliphatic carbocycles. The molecule has 2 aromatic rings. The number of phenols is 1. The van der Waals surface area contributed by atoms with Crippen LogP contribution in [0.4, 0.5) is 10.1 Å². The van der Waals surface area contributed by atoms with Crippen LogP contribution in [-0.4, -0.2) is 5.11 Å². The summed E-state index contributed by atoms with van der Waals surface area (Å²) in [4.78, 5) is 0. The minimum Gasteiger partial charge on any atom is -0.508 e. The van der Waals surface area contributed by atoms with Gasteiger partial charge in [0.05, 0.1) is 21.8 Å². The van der Waals surface area contributed by atoms with Crippen molar-refractivity contribution in [2.75, 3.05) is 5.32 Å². The minimum atomic E-state index is -0.411. The molecule has 2 N–H and O–H groups in total. The lowest BCUT2D eigenvalue weighted by molar-refractivity contribution is 0.462. The van der Waals surface area contributed by atoms with Crippen LogP contribution in [0, 0.1) is 5.82 Å². The molecule has 0 aromatic heterocycles. The Labute approximate surface area is 134 Å². The predicted octanol–water partition coefficient (Wildman–Crippen LogP) is 5.77. The molecule has 0 bridgehead atoms. The van der Waals surface area contributed by atoms with E-state index in [0.717, 1.165) is 0 Å². The number of phenolic OH excluding ortho intramolecular Hbond substituents is 1. The number of anilines is 1. The van der Waals surface area contributed by atoms with Gasteiger partial charge in [-0.3, -0.25) is 0 Å². The number of nitrogens with one attached hydrogen (secondary N) is 1. The lowest BCUT2D eigenvalue weighted by Gasteiger charge is -2.18. The van der Waals surface area contributed by atoms with Gasteiger partial charge in [0.2, 0.25) is 0 Å². The van der Waals surface area contributed by atoms with E-state index in [4.69, 9.17) is 23.2 Å². The van der Waals surface area contributed by atoms with Gasteiger partial charge in [-0.15, -0.1) is 0 Å². The smallest absolute Gasteiger partial charge is 0.123 e. The lowest BCUT2D eigenvalue weighted by Crippen LogP contribution is -2.07. The van der Waals surface area contributed by atoms with Crippen LogP contribution < -0.4 is 5.32 Å². The summed E-state index contributed by atoms with van der Waals surface area (Å²) in [6, 6.07) is 6.98. The largest absolute Gasteiger partial charge is 0.508 e. The standard InChI is InChI=1S/C14H11BrCl2FNO/c1-7(9-6-8(18)2-5-12(9)20)19-11-4-3-10(15)13(16)14(11)17/h2-7,19-20H,1H3. The summed E-state index contributed by atoms with van der Waals surface area (Å²) in [5, 5.41) is 13.6. The second-order valence-corrected chi connectivity index (χ2v) is 5.90. The summed E-state index contributed by atoms with van der Waals surface area (Å²) in [5.41, 5.74) is 1.05. The molecule has 0 aliphatic heterocycles. The van der Waals surface area contributed by atoms with Gasteiger partial charge in [-0.2, -0.15) is 0 Å². The molecule has 2 rings (SSSR count). The van der Waals surface area contributed by atoms with Gasteiger partial charge >= 0.3 is 0 Å². The van der Waals surface area contributed by atoms with Crippen LogP contribution in [0.1, 0.15) is 18.5 Å². The van der Waals surface area contributed by atoms with Gasteiger partial charge in [0.15, 0.2) is 0 Å². The summed E-state index contributed by atoms with van der Waals surface area (Å²) in [6.45, 7) is 1.79. The van der Waals surface area contributed by atoms with Crippen molar-refractivity contribution in [3.63, 3.8) is 0 Å². The Balaban J connectivity index is 2.30. The van der Waals surface area contributed by atoms with Gasteiger partial charge in [0.1, 0.15) is 11.6 Å². The predicted molar refractivity (Wildman–Crippen MR) is 84.3 cm³/mol. The van der Waals surface area contributed by atoms with Crippen LogP contribution >= 0.6 is 39.1 Å². The first-order valence-electron chi connectivity index (χ1n) is 5.78. The molecule has 0 amide bonds. The Hall–Kier alpha value is -0.970. The maximum Gasteiger partial charge on any atom is 0.123 e. The number of rotatable bonds is 3. The van der Waals surface area contributed by atoms with Gasteiger partial charge in [0.25, 0.3) is 0 Å². The second-order valence-electron chi connectivity index (χ2n) is 4.29. The molecule has 2 aromatic carbocycles. The molecular weight excluding hydrogens is 368 g/mol. The number of hydrogen-bond acceptors (Lipinski definition) is 2. The number of hydrogen-bond donors (Lipinski definition) is 2. The van der Waals surface area contributed by atoms with E-state index in [2.05, 4.69) is 21.2 Å². The van der Waals surface area contributed by atoms with Crippen molar-refractivity contribution in [1.82, 2.24) is 0 Å². The van der Waals surface area contributed by atoms with E-state index < -0.39 is 5.82 Å². The van der Waals surface area contributed by atoms with Crippen molar-refractivity contribution >= 4 is 44.8 Å². The number of halogens is 4. The molecule has 20 heavy (non-hydrogen) atoms. The zero-order valence-corrected chi connectivity index (χ0v) is 13.5. The van der Waals surface area contributed by atoms with E-state index in [1.807, 2.05) is 0 Å². The fourth-order valence-corrected chi connectivity index (χ4v) is 2.65. The Morgan fingerprint density at radius 2 is 1.90 bits per heavy atom. The number of benzene rings is 2. The third-order valence-electron chi connectivity index (χ3n) is 2.86. The van der Waals surface area contributed by atoms with Crippen molar-refractivity contribution < 1.29 is 9.50 Å². The van der Waals surface area contributed by atoms with E-state index in [0.29, 0.717) is 25.8 Å². The van der Waals surface area contributed by atoms with Gasteiger partial charge in [-0.1, -0.05) is 23.2 Å². The Morgan fingerprint density at radius 1 is 1.20 bits per heavy atom. The minimum absolute atomic E-state index is 0.0192. The fourth-order valence-electron chi connectivity index (χ4n) is 1.82. The highest BCUT2D eigenvalue weighted by molar-refractivity contribution is 9.10. The van der Waals surface area contributed by atoms with Crippen LogP contribution in [0.25, 0.3) is 0 Å². The zero-order chi connectivity index (χ0) is 14.9. The van der Waals surface area contributed by atoms with Crippen molar-refractivity contribution in [2.45, 2.75) is 13.0 Å². The molecule has 0 spiro atoms. The first-order valence-corrected chi connectivity index (χ1v) is 7.33. The molecule has 1 unspecified atom stereocenters. The highest BCUT2D eigenvalue weighted by Crippen LogP contribution is 2.38. The van der Waals surface area contributed by atoms with Crippen molar-refractivity contribution in [2.24, 2.45) is 0 Å².